The molecule has 1 fully saturated rings. The van der Waals surface area contributed by atoms with Gasteiger partial charge >= 0.3 is 0 Å². The summed E-state index contributed by atoms with van der Waals surface area (Å²) in [6.07, 6.45) is 5.81. The van der Waals surface area contributed by atoms with Crippen LogP contribution in [0.4, 0.5) is 0 Å². The van der Waals surface area contributed by atoms with E-state index in [-0.39, 0.29) is 0 Å². The van der Waals surface area contributed by atoms with E-state index in [0.29, 0.717) is 16.2 Å². The lowest BCUT2D eigenvalue weighted by Crippen LogP contribution is -2.33. The van der Waals surface area contributed by atoms with Crippen molar-refractivity contribution in [2.24, 2.45) is 24.3 Å². The van der Waals surface area contributed by atoms with E-state index in [2.05, 4.69) is 48.7 Å². The quantitative estimate of drug-likeness (QED) is 0.646. The summed E-state index contributed by atoms with van der Waals surface area (Å²) >= 11 is 10.4. The van der Waals surface area contributed by atoms with E-state index < -0.39 is 0 Å². The fraction of sp³-hybridized carbons (Fsp3) is 0.824. The fourth-order valence-corrected chi connectivity index (χ4v) is 4.55. The van der Waals surface area contributed by atoms with Gasteiger partial charge in [-0.1, -0.05) is 55.2 Å². The first kappa shape index (κ1) is 17.3. The van der Waals surface area contributed by atoms with Gasteiger partial charge < -0.3 is 0 Å². The zero-order valence-electron chi connectivity index (χ0n) is 13.9. The minimum absolute atomic E-state index is 0.399. The molecule has 1 saturated carbocycles. The van der Waals surface area contributed by atoms with Gasteiger partial charge in [0.1, 0.15) is 0 Å². The van der Waals surface area contributed by atoms with Crippen LogP contribution in [0.3, 0.4) is 0 Å². The zero-order valence-corrected chi connectivity index (χ0v) is 16.3. The third kappa shape index (κ3) is 3.85. The summed E-state index contributed by atoms with van der Waals surface area (Å²) in [5, 5.41) is 5.44. The number of alkyl halides is 1. The van der Waals surface area contributed by atoms with Gasteiger partial charge in [-0.3, -0.25) is 4.68 Å². The highest BCUT2D eigenvalue weighted by molar-refractivity contribution is 9.09. The Balaban J connectivity index is 2.16. The maximum atomic E-state index is 6.52. The van der Waals surface area contributed by atoms with Crippen LogP contribution in [-0.2, 0) is 19.9 Å². The largest absolute Gasteiger partial charge is 0.271 e. The highest BCUT2D eigenvalue weighted by Gasteiger charge is 2.35. The van der Waals surface area contributed by atoms with E-state index in [1.165, 1.54) is 25.0 Å². The molecular weight excluding hydrogens is 348 g/mol. The molecule has 1 aliphatic rings. The highest BCUT2D eigenvalue weighted by Crippen LogP contribution is 2.44. The van der Waals surface area contributed by atoms with Gasteiger partial charge in [0.25, 0.3) is 0 Å². The SMILES string of the molecule is CCc1nn(C)c(CC2CC(C(C)(C)C)CCC2Br)c1Cl. The molecule has 0 spiro atoms. The third-order valence-corrected chi connectivity index (χ3v) is 6.71. The molecule has 0 bridgehead atoms. The number of hydrogen-bond acceptors (Lipinski definition) is 1. The van der Waals surface area contributed by atoms with Gasteiger partial charge in [-0.15, -0.1) is 0 Å². The zero-order chi connectivity index (χ0) is 15.8. The minimum Gasteiger partial charge on any atom is -0.271 e. The maximum Gasteiger partial charge on any atom is 0.0849 e. The van der Waals surface area contributed by atoms with E-state index in [1.54, 1.807) is 0 Å². The molecule has 0 radical (unpaired) electrons. The Morgan fingerprint density at radius 3 is 2.52 bits per heavy atom. The molecule has 1 aromatic rings. The normalized spacial score (nSPS) is 27.1. The molecule has 0 N–H and O–H groups in total. The summed E-state index contributed by atoms with van der Waals surface area (Å²) in [5.74, 6) is 1.45. The Morgan fingerprint density at radius 2 is 2.00 bits per heavy atom. The molecule has 1 aromatic heterocycles. The second-order valence-corrected chi connectivity index (χ2v) is 9.09. The smallest absolute Gasteiger partial charge is 0.0849 e. The number of aryl methyl sites for hydroxylation is 2. The summed E-state index contributed by atoms with van der Waals surface area (Å²) in [4.78, 5) is 0.604. The first-order chi connectivity index (χ1) is 9.74. The first-order valence-electron chi connectivity index (χ1n) is 8.08. The molecule has 3 atom stereocenters. The van der Waals surface area contributed by atoms with Crippen molar-refractivity contribution in [3.8, 4) is 0 Å². The van der Waals surface area contributed by atoms with E-state index in [0.717, 1.165) is 29.5 Å². The molecule has 21 heavy (non-hydrogen) atoms. The lowest BCUT2D eigenvalue weighted by atomic mass is 9.68. The van der Waals surface area contributed by atoms with Crippen molar-refractivity contribution in [1.82, 2.24) is 9.78 Å². The van der Waals surface area contributed by atoms with Gasteiger partial charge in [0.15, 0.2) is 0 Å². The predicted molar refractivity (Wildman–Crippen MR) is 94.3 cm³/mol. The average molecular weight is 376 g/mol. The van der Waals surface area contributed by atoms with Gasteiger partial charge in [-0.05, 0) is 49.4 Å². The van der Waals surface area contributed by atoms with Crippen LogP contribution in [-0.4, -0.2) is 14.6 Å². The Hall–Kier alpha value is -0.0200. The second kappa shape index (κ2) is 6.62. The summed E-state index contributed by atoms with van der Waals surface area (Å²) in [6, 6.07) is 0. The fourth-order valence-electron chi connectivity index (χ4n) is 3.51. The van der Waals surface area contributed by atoms with Crippen LogP contribution >= 0.6 is 27.5 Å². The second-order valence-electron chi connectivity index (χ2n) is 7.54. The average Bonchev–Trinajstić information content (AvgIpc) is 2.67. The van der Waals surface area contributed by atoms with E-state index in [9.17, 15) is 0 Å². The highest BCUT2D eigenvalue weighted by atomic mass is 79.9. The summed E-state index contributed by atoms with van der Waals surface area (Å²) < 4.78 is 1.99. The molecule has 2 rings (SSSR count). The molecule has 120 valence electrons. The van der Waals surface area contributed by atoms with Gasteiger partial charge in [0.2, 0.25) is 0 Å². The monoisotopic (exact) mass is 374 g/mol. The summed E-state index contributed by atoms with van der Waals surface area (Å²) in [6.45, 7) is 9.22. The predicted octanol–water partition coefficient (Wildman–Crippen LogP) is 5.40. The van der Waals surface area contributed by atoms with Gasteiger partial charge in [0, 0.05) is 11.9 Å². The summed E-state index contributed by atoms with van der Waals surface area (Å²) in [5.41, 5.74) is 2.64. The number of hydrogen-bond donors (Lipinski definition) is 0. The standard InChI is InChI=1S/C17H28BrClN2/c1-6-14-16(19)15(21(5)20-14)10-11-9-12(17(2,3)4)7-8-13(11)18/h11-13H,6-10H2,1-5H3. The van der Waals surface area contributed by atoms with Crippen LogP contribution in [0.2, 0.25) is 5.02 Å². The molecule has 1 aliphatic carbocycles. The van der Waals surface area contributed by atoms with Crippen molar-refractivity contribution >= 4 is 27.5 Å². The van der Waals surface area contributed by atoms with Crippen molar-refractivity contribution in [2.45, 2.75) is 64.6 Å². The van der Waals surface area contributed by atoms with Crippen LogP contribution < -0.4 is 0 Å². The van der Waals surface area contributed by atoms with Crippen LogP contribution in [0.5, 0.6) is 0 Å². The Bertz CT molecular complexity index is 490. The number of nitrogens with zero attached hydrogens (tertiary/aromatic N) is 2. The van der Waals surface area contributed by atoms with Crippen molar-refractivity contribution in [2.75, 3.05) is 0 Å². The van der Waals surface area contributed by atoms with Gasteiger partial charge in [-0.2, -0.15) is 5.10 Å². The van der Waals surface area contributed by atoms with Crippen molar-refractivity contribution in [3.63, 3.8) is 0 Å². The van der Waals surface area contributed by atoms with Gasteiger partial charge in [-0.25, -0.2) is 0 Å². The third-order valence-electron chi connectivity index (χ3n) is 5.07. The van der Waals surface area contributed by atoms with Crippen molar-refractivity contribution in [1.29, 1.82) is 0 Å². The van der Waals surface area contributed by atoms with Gasteiger partial charge in [0.05, 0.1) is 16.4 Å². The lowest BCUT2D eigenvalue weighted by Gasteiger charge is -2.40. The molecule has 0 aromatic carbocycles. The van der Waals surface area contributed by atoms with Crippen molar-refractivity contribution in [3.05, 3.63) is 16.4 Å². The molecule has 3 unspecified atom stereocenters. The Morgan fingerprint density at radius 1 is 1.33 bits per heavy atom. The van der Waals surface area contributed by atoms with Crippen LogP contribution in [0, 0.1) is 17.3 Å². The molecule has 0 amide bonds. The minimum atomic E-state index is 0.399. The Labute approximate surface area is 142 Å². The number of aromatic nitrogens is 2. The Kier molecular flexibility index (Phi) is 5.46. The molecule has 2 nitrogen and oxygen atoms in total. The van der Waals surface area contributed by atoms with E-state index in [1.807, 2.05) is 11.7 Å². The van der Waals surface area contributed by atoms with E-state index in [4.69, 9.17) is 11.6 Å². The first-order valence-corrected chi connectivity index (χ1v) is 9.37. The number of rotatable bonds is 3. The van der Waals surface area contributed by atoms with Crippen LogP contribution in [0.1, 0.15) is 58.3 Å². The van der Waals surface area contributed by atoms with E-state index >= 15 is 0 Å². The van der Waals surface area contributed by atoms with Crippen molar-refractivity contribution < 1.29 is 0 Å². The molecule has 0 aliphatic heterocycles. The lowest BCUT2D eigenvalue weighted by molar-refractivity contribution is 0.146. The molecule has 0 saturated heterocycles. The van der Waals surface area contributed by atoms with Crippen LogP contribution in [0.25, 0.3) is 0 Å². The summed E-state index contributed by atoms with van der Waals surface area (Å²) in [7, 11) is 2.02. The maximum absolute atomic E-state index is 6.52. The molecule has 4 heteroatoms. The molecule has 1 heterocycles. The number of halogens is 2. The molecular formula is C17H28BrClN2. The topological polar surface area (TPSA) is 17.8 Å². The van der Waals surface area contributed by atoms with Crippen LogP contribution in [0.15, 0.2) is 0 Å².